The Bertz CT molecular complexity index is 1860. The average molecular weight is 571 g/mol. The zero-order valence-corrected chi connectivity index (χ0v) is 24.3. The highest BCUT2D eigenvalue weighted by molar-refractivity contribution is 6.30. The predicted octanol–water partition coefficient (Wildman–Crippen LogP) is 9.86. The normalized spacial score (nSPS) is 16.1. The number of aromatic nitrogens is 1. The second-order valence-electron chi connectivity index (χ2n) is 10.7. The Morgan fingerprint density at radius 2 is 1.36 bits per heavy atom. The van der Waals surface area contributed by atoms with Gasteiger partial charge in [0.25, 0.3) is 0 Å². The lowest BCUT2D eigenvalue weighted by Crippen LogP contribution is -2.23. The van der Waals surface area contributed by atoms with Crippen molar-refractivity contribution < 1.29 is 9.47 Å². The van der Waals surface area contributed by atoms with Crippen molar-refractivity contribution >= 4 is 28.2 Å². The van der Waals surface area contributed by atoms with Gasteiger partial charge < -0.3 is 19.8 Å². The van der Waals surface area contributed by atoms with Gasteiger partial charge in [0, 0.05) is 33.8 Å². The minimum Gasteiger partial charge on any atom is -0.496 e. The number of rotatable bonds is 6. The molecule has 208 valence electrons. The predicted molar refractivity (Wildman–Crippen MR) is 173 cm³/mol. The van der Waals surface area contributed by atoms with Gasteiger partial charge >= 0.3 is 0 Å². The Kier molecular flexibility index (Phi) is 6.85. The number of hydrogen-bond donors (Lipinski definition) is 2. The lowest BCUT2D eigenvalue weighted by molar-refractivity contribution is 0.391. The molecule has 2 heterocycles. The molecule has 0 aliphatic carbocycles. The SMILES string of the molecule is COc1cc(OC)c2c(-c3ccccc3)c(-c3ccccc3)[nH]c2c1[C@H]1C[C@H](c2ccc(Cl)cc2)Nc2ccccc21. The maximum Gasteiger partial charge on any atom is 0.132 e. The summed E-state index contributed by atoms with van der Waals surface area (Å²) in [4.78, 5) is 3.89. The molecule has 0 unspecified atom stereocenters. The van der Waals surface area contributed by atoms with Crippen LogP contribution in [-0.2, 0) is 0 Å². The van der Waals surface area contributed by atoms with E-state index < -0.39 is 0 Å². The molecule has 4 nitrogen and oxygen atoms in total. The number of anilines is 1. The van der Waals surface area contributed by atoms with E-state index in [1.807, 2.05) is 18.2 Å². The van der Waals surface area contributed by atoms with Gasteiger partial charge in [-0.25, -0.2) is 0 Å². The summed E-state index contributed by atoms with van der Waals surface area (Å²) in [5.41, 5.74) is 10.1. The van der Waals surface area contributed by atoms with Crippen LogP contribution in [0.4, 0.5) is 5.69 Å². The maximum atomic E-state index is 6.25. The number of H-pyrrole nitrogens is 1. The van der Waals surface area contributed by atoms with E-state index in [9.17, 15) is 0 Å². The van der Waals surface area contributed by atoms with Crippen LogP contribution in [0.15, 0.2) is 115 Å². The van der Waals surface area contributed by atoms with Crippen LogP contribution in [0.5, 0.6) is 11.5 Å². The van der Waals surface area contributed by atoms with E-state index in [-0.39, 0.29) is 12.0 Å². The lowest BCUT2D eigenvalue weighted by atomic mass is 9.79. The number of benzene rings is 5. The second-order valence-corrected chi connectivity index (χ2v) is 11.1. The van der Waals surface area contributed by atoms with E-state index in [1.165, 1.54) is 11.1 Å². The highest BCUT2D eigenvalue weighted by Gasteiger charge is 2.34. The molecule has 2 atom stereocenters. The monoisotopic (exact) mass is 570 g/mol. The van der Waals surface area contributed by atoms with E-state index in [1.54, 1.807) is 14.2 Å². The smallest absolute Gasteiger partial charge is 0.132 e. The van der Waals surface area contributed by atoms with Crippen molar-refractivity contribution in [3.05, 3.63) is 137 Å². The summed E-state index contributed by atoms with van der Waals surface area (Å²) >= 11 is 6.25. The first-order valence-corrected chi connectivity index (χ1v) is 14.6. The van der Waals surface area contributed by atoms with Crippen LogP contribution >= 0.6 is 11.6 Å². The van der Waals surface area contributed by atoms with Crippen LogP contribution in [0.25, 0.3) is 33.3 Å². The fraction of sp³-hybridized carbons (Fsp3) is 0.135. The summed E-state index contributed by atoms with van der Waals surface area (Å²) in [7, 11) is 3.47. The number of fused-ring (bicyclic) bond motifs is 2. The molecule has 5 heteroatoms. The van der Waals surface area contributed by atoms with Gasteiger partial charge in [0.05, 0.1) is 36.9 Å². The molecule has 1 aromatic heterocycles. The minimum absolute atomic E-state index is 0.0531. The first-order valence-electron chi connectivity index (χ1n) is 14.2. The standard InChI is InChI=1S/C37H31ClN2O2/c1-41-31-22-32(42-2)35-33(24-11-5-3-6-12-24)36(25-13-7-4-8-14-25)40-37(35)34(31)28-21-30(23-17-19-26(38)20-18-23)39-29-16-10-9-15-27(28)29/h3-20,22,28,30,39-40H,21H2,1-2H3/t28-,30+/m0/s1. The van der Waals surface area contributed by atoms with E-state index in [4.69, 9.17) is 21.1 Å². The fourth-order valence-electron chi connectivity index (χ4n) is 6.46. The molecule has 42 heavy (non-hydrogen) atoms. The Morgan fingerprint density at radius 3 is 2.05 bits per heavy atom. The number of para-hydroxylation sites is 1. The molecule has 0 saturated carbocycles. The summed E-state index contributed by atoms with van der Waals surface area (Å²) in [5.74, 6) is 1.63. The molecule has 0 saturated heterocycles. The maximum absolute atomic E-state index is 6.25. The van der Waals surface area contributed by atoms with E-state index >= 15 is 0 Å². The molecule has 5 aromatic carbocycles. The van der Waals surface area contributed by atoms with E-state index in [0.29, 0.717) is 0 Å². The number of methoxy groups -OCH3 is 2. The van der Waals surface area contributed by atoms with Crippen molar-refractivity contribution in [2.24, 2.45) is 0 Å². The van der Waals surface area contributed by atoms with Crippen molar-refractivity contribution in [2.45, 2.75) is 18.4 Å². The zero-order chi connectivity index (χ0) is 28.6. The molecular formula is C37H31ClN2O2. The quantitative estimate of drug-likeness (QED) is 0.209. The molecular weight excluding hydrogens is 540 g/mol. The molecule has 0 bridgehead atoms. The number of aromatic amines is 1. The number of hydrogen-bond acceptors (Lipinski definition) is 3. The minimum atomic E-state index is 0.0531. The molecule has 0 fully saturated rings. The summed E-state index contributed by atoms with van der Waals surface area (Å²) < 4.78 is 12.2. The molecule has 1 aliphatic heterocycles. The molecule has 2 N–H and O–H groups in total. The third-order valence-electron chi connectivity index (χ3n) is 8.37. The van der Waals surface area contributed by atoms with E-state index in [0.717, 1.165) is 67.5 Å². The fourth-order valence-corrected chi connectivity index (χ4v) is 6.59. The summed E-state index contributed by atoms with van der Waals surface area (Å²) in [6.45, 7) is 0. The summed E-state index contributed by atoms with van der Waals surface area (Å²) in [5, 5.41) is 5.58. The van der Waals surface area contributed by atoms with Gasteiger partial charge in [-0.3, -0.25) is 0 Å². The van der Waals surface area contributed by atoms with Gasteiger partial charge in [-0.2, -0.15) is 0 Å². The molecule has 0 radical (unpaired) electrons. The van der Waals surface area contributed by atoms with Crippen molar-refractivity contribution in [3.8, 4) is 33.9 Å². The van der Waals surface area contributed by atoms with Gasteiger partial charge in [-0.15, -0.1) is 0 Å². The van der Waals surface area contributed by atoms with Gasteiger partial charge in [-0.05, 0) is 46.9 Å². The van der Waals surface area contributed by atoms with Gasteiger partial charge in [-0.1, -0.05) is 103 Å². The summed E-state index contributed by atoms with van der Waals surface area (Å²) in [6.07, 6.45) is 0.844. The topological polar surface area (TPSA) is 46.3 Å². The molecule has 0 spiro atoms. The largest absolute Gasteiger partial charge is 0.496 e. The highest BCUT2D eigenvalue weighted by atomic mass is 35.5. The zero-order valence-electron chi connectivity index (χ0n) is 23.5. The number of halogens is 1. The van der Waals surface area contributed by atoms with Crippen molar-refractivity contribution in [1.29, 1.82) is 0 Å². The first-order chi connectivity index (χ1) is 20.7. The molecule has 6 aromatic rings. The van der Waals surface area contributed by atoms with Crippen molar-refractivity contribution in [3.63, 3.8) is 0 Å². The van der Waals surface area contributed by atoms with Crippen molar-refractivity contribution in [1.82, 2.24) is 4.98 Å². The Labute approximate surface area is 250 Å². The van der Waals surface area contributed by atoms with Gasteiger partial charge in [0.2, 0.25) is 0 Å². The Morgan fingerprint density at radius 1 is 0.714 bits per heavy atom. The van der Waals surface area contributed by atoms with Crippen LogP contribution in [0, 0.1) is 0 Å². The van der Waals surface area contributed by atoms with Crippen LogP contribution in [0.2, 0.25) is 5.02 Å². The van der Waals surface area contributed by atoms with Gasteiger partial charge in [0.1, 0.15) is 11.5 Å². The first kappa shape index (κ1) is 26.2. The Hall–Kier alpha value is -4.67. The number of nitrogens with one attached hydrogen (secondary N) is 2. The van der Waals surface area contributed by atoms with Crippen LogP contribution in [0.3, 0.4) is 0 Å². The third-order valence-corrected chi connectivity index (χ3v) is 8.62. The second kappa shape index (κ2) is 11.0. The average Bonchev–Trinajstić information content (AvgIpc) is 3.45. The summed E-state index contributed by atoms with van der Waals surface area (Å²) in [6, 6.07) is 39.9. The number of ether oxygens (including phenoxy) is 2. The molecule has 1 aliphatic rings. The molecule has 0 amide bonds. The highest BCUT2D eigenvalue weighted by Crippen LogP contribution is 2.52. The van der Waals surface area contributed by atoms with Crippen LogP contribution < -0.4 is 14.8 Å². The van der Waals surface area contributed by atoms with Crippen LogP contribution in [-0.4, -0.2) is 19.2 Å². The van der Waals surface area contributed by atoms with E-state index in [2.05, 4.69) is 107 Å². The third kappa shape index (κ3) is 4.49. The van der Waals surface area contributed by atoms with Gasteiger partial charge in [0.15, 0.2) is 0 Å². The van der Waals surface area contributed by atoms with Crippen LogP contribution in [0.1, 0.15) is 35.1 Å². The van der Waals surface area contributed by atoms with Crippen molar-refractivity contribution in [2.75, 3.05) is 19.5 Å². The Balaban J connectivity index is 1.53. The lowest BCUT2D eigenvalue weighted by Gasteiger charge is -2.35. The molecule has 7 rings (SSSR count).